The molecule has 0 radical (unpaired) electrons. The summed E-state index contributed by atoms with van der Waals surface area (Å²) in [5.74, 6) is 0.432. The molecule has 2 rings (SSSR count). The van der Waals surface area contributed by atoms with Gasteiger partial charge in [-0.3, -0.25) is 0 Å². The molecular formula is C16H26N2O. The Morgan fingerprint density at radius 2 is 2.16 bits per heavy atom. The third kappa shape index (κ3) is 4.30. The standard InChI is InChI=1S/C16H26N2O/c1-2-19-16-9-6-10-18(13-16)12-15(11-17)14-7-4-3-5-8-14/h3-5,7-8,15-16H,2,6,9-13,17H2,1H3. The van der Waals surface area contributed by atoms with Gasteiger partial charge in [0, 0.05) is 32.2 Å². The third-order valence-electron chi connectivity index (χ3n) is 3.90. The topological polar surface area (TPSA) is 38.5 Å². The Morgan fingerprint density at radius 3 is 2.84 bits per heavy atom. The maximum atomic E-state index is 5.96. The van der Waals surface area contributed by atoms with Crippen molar-refractivity contribution in [1.29, 1.82) is 0 Å². The van der Waals surface area contributed by atoms with Crippen LogP contribution in [-0.4, -0.2) is 43.8 Å². The van der Waals surface area contributed by atoms with E-state index in [1.54, 1.807) is 0 Å². The molecule has 1 saturated heterocycles. The number of hydrogen-bond acceptors (Lipinski definition) is 3. The van der Waals surface area contributed by atoms with E-state index in [-0.39, 0.29) is 0 Å². The number of hydrogen-bond donors (Lipinski definition) is 1. The van der Waals surface area contributed by atoms with Crippen LogP contribution in [0.1, 0.15) is 31.2 Å². The average Bonchev–Trinajstić information content (AvgIpc) is 2.46. The average molecular weight is 262 g/mol. The number of likely N-dealkylation sites (tertiary alicyclic amines) is 1. The number of benzene rings is 1. The molecule has 0 aliphatic carbocycles. The summed E-state index contributed by atoms with van der Waals surface area (Å²) >= 11 is 0. The first-order chi connectivity index (χ1) is 9.33. The molecule has 1 aromatic carbocycles. The van der Waals surface area contributed by atoms with Gasteiger partial charge in [-0.15, -0.1) is 0 Å². The molecule has 0 spiro atoms. The van der Waals surface area contributed by atoms with Gasteiger partial charge in [-0.05, 0) is 31.9 Å². The number of rotatable bonds is 6. The predicted molar refractivity (Wildman–Crippen MR) is 79.3 cm³/mol. The van der Waals surface area contributed by atoms with Crippen LogP contribution in [0.4, 0.5) is 0 Å². The second kappa shape index (κ2) is 7.63. The van der Waals surface area contributed by atoms with Gasteiger partial charge in [0.15, 0.2) is 0 Å². The molecule has 2 unspecified atom stereocenters. The van der Waals surface area contributed by atoms with Crippen molar-refractivity contribution in [3.63, 3.8) is 0 Å². The normalized spacial score (nSPS) is 22.3. The Kier molecular flexibility index (Phi) is 5.83. The molecule has 3 nitrogen and oxygen atoms in total. The highest BCUT2D eigenvalue weighted by molar-refractivity contribution is 5.20. The first kappa shape index (κ1) is 14.5. The van der Waals surface area contributed by atoms with E-state index in [2.05, 4.69) is 42.2 Å². The zero-order valence-electron chi connectivity index (χ0n) is 11.9. The van der Waals surface area contributed by atoms with Crippen molar-refractivity contribution in [1.82, 2.24) is 4.90 Å². The molecule has 1 aliphatic rings. The lowest BCUT2D eigenvalue weighted by Gasteiger charge is -2.34. The number of ether oxygens (including phenoxy) is 1. The summed E-state index contributed by atoms with van der Waals surface area (Å²) in [4.78, 5) is 2.51. The minimum atomic E-state index is 0.410. The zero-order chi connectivity index (χ0) is 13.5. The summed E-state index contributed by atoms with van der Waals surface area (Å²) in [6.07, 6.45) is 2.84. The van der Waals surface area contributed by atoms with Gasteiger partial charge >= 0.3 is 0 Å². The van der Waals surface area contributed by atoms with Crippen LogP contribution >= 0.6 is 0 Å². The van der Waals surface area contributed by atoms with Gasteiger partial charge in [-0.1, -0.05) is 30.3 Å². The fourth-order valence-corrected chi connectivity index (χ4v) is 2.90. The Morgan fingerprint density at radius 1 is 1.37 bits per heavy atom. The highest BCUT2D eigenvalue weighted by atomic mass is 16.5. The lowest BCUT2D eigenvalue weighted by atomic mass is 9.97. The van der Waals surface area contributed by atoms with Crippen molar-refractivity contribution in [3.05, 3.63) is 35.9 Å². The summed E-state index contributed by atoms with van der Waals surface area (Å²) in [6.45, 7) is 6.87. The predicted octanol–water partition coefficient (Wildman–Crippen LogP) is 2.23. The van der Waals surface area contributed by atoms with Crippen molar-refractivity contribution >= 4 is 0 Å². The molecule has 106 valence electrons. The van der Waals surface area contributed by atoms with Crippen molar-refractivity contribution < 1.29 is 4.74 Å². The van der Waals surface area contributed by atoms with Crippen molar-refractivity contribution in [2.75, 3.05) is 32.8 Å². The Hall–Kier alpha value is -0.900. The molecule has 1 aromatic rings. The van der Waals surface area contributed by atoms with E-state index in [1.165, 1.54) is 24.9 Å². The summed E-state index contributed by atoms with van der Waals surface area (Å²) in [5.41, 5.74) is 7.31. The second-order valence-corrected chi connectivity index (χ2v) is 5.32. The summed E-state index contributed by atoms with van der Waals surface area (Å²) < 4.78 is 5.76. The Labute approximate surface area is 116 Å². The van der Waals surface area contributed by atoms with Crippen LogP contribution < -0.4 is 5.73 Å². The lowest BCUT2D eigenvalue weighted by Crippen LogP contribution is -2.42. The molecule has 2 N–H and O–H groups in total. The smallest absolute Gasteiger partial charge is 0.0702 e. The molecule has 1 fully saturated rings. The molecule has 0 bridgehead atoms. The van der Waals surface area contributed by atoms with Crippen LogP contribution in [-0.2, 0) is 4.74 Å². The Balaban J connectivity index is 1.91. The summed E-state index contributed by atoms with van der Waals surface area (Å²) in [5, 5.41) is 0. The fourth-order valence-electron chi connectivity index (χ4n) is 2.90. The van der Waals surface area contributed by atoms with Crippen LogP contribution in [0, 0.1) is 0 Å². The van der Waals surface area contributed by atoms with Crippen molar-refractivity contribution in [2.24, 2.45) is 5.73 Å². The minimum absolute atomic E-state index is 0.410. The first-order valence-corrected chi connectivity index (χ1v) is 7.42. The molecule has 0 saturated carbocycles. The van der Waals surface area contributed by atoms with E-state index in [1.807, 2.05) is 0 Å². The van der Waals surface area contributed by atoms with Gasteiger partial charge in [-0.2, -0.15) is 0 Å². The van der Waals surface area contributed by atoms with E-state index >= 15 is 0 Å². The highest BCUT2D eigenvalue weighted by Gasteiger charge is 2.22. The van der Waals surface area contributed by atoms with Crippen LogP contribution in [0.25, 0.3) is 0 Å². The molecule has 2 atom stereocenters. The first-order valence-electron chi connectivity index (χ1n) is 7.42. The molecule has 1 heterocycles. The van der Waals surface area contributed by atoms with Crippen molar-refractivity contribution in [2.45, 2.75) is 31.8 Å². The van der Waals surface area contributed by atoms with Gasteiger partial charge in [0.05, 0.1) is 6.10 Å². The molecule has 19 heavy (non-hydrogen) atoms. The van der Waals surface area contributed by atoms with E-state index in [0.29, 0.717) is 18.6 Å². The second-order valence-electron chi connectivity index (χ2n) is 5.32. The van der Waals surface area contributed by atoms with E-state index in [4.69, 9.17) is 10.5 Å². The van der Waals surface area contributed by atoms with E-state index in [0.717, 1.165) is 19.7 Å². The van der Waals surface area contributed by atoms with Crippen molar-refractivity contribution in [3.8, 4) is 0 Å². The largest absolute Gasteiger partial charge is 0.377 e. The van der Waals surface area contributed by atoms with Gasteiger partial charge in [-0.25, -0.2) is 0 Å². The van der Waals surface area contributed by atoms with Gasteiger partial charge in [0.25, 0.3) is 0 Å². The summed E-state index contributed by atoms with van der Waals surface area (Å²) in [6, 6.07) is 10.6. The van der Waals surface area contributed by atoms with Crippen LogP contribution in [0.5, 0.6) is 0 Å². The van der Waals surface area contributed by atoms with Gasteiger partial charge in [0.2, 0.25) is 0 Å². The number of piperidine rings is 1. The quantitative estimate of drug-likeness (QED) is 0.854. The maximum Gasteiger partial charge on any atom is 0.0702 e. The third-order valence-corrected chi connectivity index (χ3v) is 3.90. The molecule has 0 aromatic heterocycles. The zero-order valence-corrected chi connectivity index (χ0v) is 11.9. The highest BCUT2D eigenvalue weighted by Crippen LogP contribution is 2.19. The van der Waals surface area contributed by atoms with E-state index < -0.39 is 0 Å². The number of nitrogens with two attached hydrogens (primary N) is 1. The van der Waals surface area contributed by atoms with Crippen LogP contribution in [0.2, 0.25) is 0 Å². The molecule has 1 aliphatic heterocycles. The van der Waals surface area contributed by atoms with E-state index in [9.17, 15) is 0 Å². The van der Waals surface area contributed by atoms with Crippen LogP contribution in [0.15, 0.2) is 30.3 Å². The maximum absolute atomic E-state index is 5.96. The van der Waals surface area contributed by atoms with Gasteiger partial charge < -0.3 is 15.4 Å². The van der Waals surface area contributed by atoms with Gasteiger partial charge in [0.1, 0.15) is 0 Å². The lowest BCUT2D eigenvalue weighted by molar-refractivity contribution is 0.00454. The minimum Gasteiger partial charge on any atom is -0.377 e. The molecule has 0 amide bonds. The molecular weight excluding hydrogens is 236 g/mol. The summed E-state index contributed by atoms with van der Waals surface area (Å²) in [7, 11) is 0. The van der Waals surface area contributed by atoms with Crippen LogP contribution in [0.3, 0.4) is 0 Å². The monoisotopic (exact) mass is 262 g/mol. The number of nitrogens with zero attached hydrogens (tertiary/aromatic N) is 1. The fraction of sp³-hybridized carbons (Fsp3) is 0.625. The molecule has 3 heteroatoms. The SMILES string of the molecule is CCOC1CCCN(CC(CN)c2ccccc2)C1. The Bertz CT molecular complexity index is 353.